The molecule has 3 atom stereocenters. The Kier molecular flexibility index (Phi) is 4.30. The second kappa shape index (κ2) is 6.17. The largest absolute Gasteiger partial charge is 0.497 e. The standard InChI is InChI=1S/C18H27NO/c1-3-11-19-17(18-15-5-4-6-16(15)18)12-13-7-9-14(20-2)10-8-13/h7-10,15-19H,3-6,11-12H2,1-2H3. The van der Waals surface area contributed by atoms with Crippen molar-refractivity contribution in [3.05, 3.63) is 29.8 Å². The van der Waals surface area contributed by atoms with Gasteiger partial charge in [0.1, 0.15) is 5.75 Å². The van der Waals surface area contributed by atoms with Gasteiger partial charge in [-0.2, -0.15) is 0 Å². The highest BCUT2D eigenvalue weighted by molar-refractivity contribution is 5.28. The van der Waals surface area contributed by atoms with Crippen LogP contribution in [0, 0.1) is 17.8 Å². The minimum atomic E-state index is 0.679. The summed E-state index contributed by atoms with van der Waals surface area (Å²) in [5.74, 6) is 3.96. The van der Waals surface area contributed by atoms with Crippen LogP contribution in [0.4, 0.5) is 0 Å². The van der Waals surface area contributed by atoms with Crippen molar-refractivity contribution in [1.29, 1.82) is 0 Å². The molecule has 2 saturated carbocycles. The highest BCUT2D eigenvalue weighted by atomic mass is 16.5. The molecule has 0 radical (unpaired) electrons. The molecule has 2 heteroatoms. The molecule has 2 fully saturated rings. The quantitative estimate of drug-likeness (QED) is 0.818. The van der Waals surface area contributed by atoms with Crippen molar-refractivity contribution in [2.75, 3.05) is 13.7 Å². The summed E-state index contributed by atoms with van der Waals surface area (Å²) in [6.45, 7) is 3.40. The summed E-state index contributed by atoms with van der Waals surface area (Å²) >= 11 is 0. The third kappa shape index (κ3) is 2.85. The van der Waals surface area contributed by atoms with Gasteiger partial charge in [0.25, 0.3) is 0 Å². The monoisotopic (exact) mass is 273 g/mol. The number of methoxy groups -OCH3 is 1. The van der Waals surface area contributed by atoms with E-state index in [1.54, 1.807) is 7.11 Å². The zero-order valence-electron chi connectivity index (χ0n) is 12.8. The molecule has 3 rings (SSSR count). The molecule has 0 heterocycles. The van der Waals surface area contributed by atoms with Gasteiger partial charge < -0.3 is 10.1 Å². The summed E-state index contributed by atoms with van der Waals surface area (Å²) in [7, 11) is 1.73. The fourth-order valence-corrected chi connectivity index (χ4v) is 4.16. The van der Waals surface area contributed by atoms with E-state index < -0.39 is 0 Å². The first-order valence-corrected chi connectivity index (χ1v) is 8.19. The molecule has 2 aliphatic carbocycles. The Hall–Kier alpha value is -1.02. The van der Waals surface area contributed by atoms with E-state index in [9.17, 15) is 0 Å². The van der Waals surface area contributed by atoms with Crippen LogP contribution in [0.3, 0.4) is 0 Å². The average molecular weight is 273 g/mol. The van der Waals surface area contributed by atoms with Crippen LogP contribution in [0.1, 0.15) is 38.2 Å². The number of rotatable bonds is 7. The Bertz CT molecular complexity index is 418. The third-order valence-corrected chi connectivity index (χ3v) is 5.21. The molecule has 0 saturated heterocycles. The van der Waals surface area contributed by atoms with E-state index in [4.69, 9.17) is 4.74 Å². The van der Waals surface area contributed by atoms with Gasteiger partial charge in [-0.1, -0.05) is 25.5 Å². The molecular formula is C18H27NO. The van der Waals surface area contributed by atoms with Crippen molar-refractivity contribution in [3.63, 3.8) is 0 Å². The van der Waals surface area contributed by atoms with Crippen molar-refractivity contribution in [3.8, 4) is 5.75 Å². The van der Waals surface area contributed by atoms with Gasteiger partial charge >= 0.3 is 0 Å². The van der Waals surface area contributed by atoms with Crippen LogP contribution >= 0.6 is 0 Å². The normalized spacial score (nSPS) is 29.0. The molecule has 1 N–H and O–H groups in total. The lowest BCUT2D eigenvalue weighted by atomic mass is 9.97. The lowest BCUT2D eigenvalue weighted by molar-refractivity contribution is 0.402. The first-order chi connectivity index (χ1) is 9.83. The van der Waals surface area contributed by atoms with Gasteiger partial charge in [0.2, 0.25) is 0 Å². The topological polar surface area (TPSA) is 21.3 Å². The molecule has 2 nitrogen and oxygen atoms in total. The molecule has 0 aliphatic heterocycles. The van der Waals surface area contributed by atoms with Crippen LogP contribution in [-0.4, -0.2) is 19.7 Å². The zero-order chi connectivity index (χ0) is 13.9. The first-order valence-electron chi connectivity index (χ1n) is 8.19. The van der Waals surface area contributed by atoms with E-state index in [0.717, 1.165) is 30.0 Å². The van der Waals surface area contributed by atoms with Crippen LogP contribution in [0.25, 0.3) is 0 Å². The molecule has 2 aliphatic rings. The third-order valence-electron chi connectivity index (χ3n) is 5.21. The van der Waals surface area contributed by atoms with Gasteiger partial charge in [-0.25, -0.2) is 0 Å². The lowest BCUT2D eigenvalue weighted by Gasteiger charge is -2.21. The number of benzene rings is 1. The number of nitrogens with one attached hydrogen (secondary N) is 1. The van der Waals surface area contributed by atoms with Crippen LogP contribution < -0.4 is 10.1 Å². The maximum Gasteiger partial charge on any atom is 0.118 e. The number of hydrogen-bond acceptors (Lipinski definition) is 2. The summed E-state index contributed by atoms with van der Waals surface area (Å²) < 4.78 is 5.24. The lowest BCUT2D eigenvalue weighted by Crippen LogP contribution is -2.35. The molecule has 1 aromatic rings. The fraction of sp³-hybridized carbons (Fsp3) is 0.667. The summed E-state index contributed by atoms with van der Waals surface area (Å²) in [4.78, 5) is 0. The Morgan fingerprint density at radius 1 is 1.20 bits per heavy atom. The van der Waals surface area contributed by atoms with E-state index in [2.05, 4.69) is 36.5 Å². The van der Waals surface area contributed by atoms with E-state index in [1.165, 1.54) is 37.7 Å². The zero-order valence-corrected chi connectivity index (χ0v) is 12.8. The number of fused-ring (bicyclic) bond motifs is 1. The molecule has 20 heavy (non-hydrogen) atoms. The molecule has 1 aromatic carbocycles. The van der Waals surface area contributed by atoms with Gasteiger partial charge in [-0.15, -0.1) is 0 Å². The molecule has 3 unspecified atom stereocenters. The van der Waals surface area contributed by atoms with Gasteiger partial charge in [0, 0.05) is 6.04 Å². The highest BCUT2D eigenvalue weighted by Crippen LogP contribution is 2.59. The second-order valence-electron chi connectivity index (χ2n) is 6.45. The Labute approximate surface area is 122 Å². The molecule has 0 amide bonds. The maximum atomic E-state index is 5.24. The first kappa shape index (κ1) is 13.9. The van der Waals surface area contributed by atoms with Gasteiger partial charge in [-0.3, -0.25) is 0 Å². The van der Waals surface area contributed by atoms with Crippen LogP contribution in [0.2, 0.25) is 0 Å². The van der Waals surface area contributed by atoms with Crippen molar-refractivity contribution in [1.82, 2.24) is 5.32 Å². The van der Waals surface area contributed by atoms with Crippen molar-refractivity contribution in [2.45, 2.75) is 45.1 Å². The van der Waals surface area contributed by atoms with Crippen LogP contribution in [0.5, 0.6) is 5.75 Å². The molecule has 0 spiro atoms. The average Bonchev–Trinajstić information content (AvgIpc) is 2.96. The van der Waals surface area contributed by atoms with Crippen molar-refractivity contribution >= 4 is 0 Å². The summed E-state index contributed by atoms with van der Waals surface area (Å²) in [6, 6.07) is 9.29. The predicted molar refractivity (Wildman–Crippen MR) is 83.1 cm³/mol. The van der Waals surface area contributed by atoms with Gasteiger partial charge in [0.15, 0.2) is 0 Å². The molecule has 110 valence electrons. The van der Waals surface area contributed by atoms with Crippen molar-refractivity contribution in [2.24, 2.45) is 17.8 Å². The predicted octanol–water partition coefficient (Wildman–Crippen LogP) is 3.65. The van der Waals surface area contributed by atoms with Gasteiger partial charge in [-0.05, 0) is 67.7 Å². The Balaban J connectivity index is 1.63. The minimum absolute atomic E-state index is 0.679. The molecular weight excluding hydrogens is 246 g/mol. The SMILES string of the molecule is CCCNC(Cc1ccc(OC)cc1)C1C2CCCC21. The summed E-state index contributed by atoms with van der Waals surface area (Å²) in [6.07, 6.45) is 6.81. The number of hydrogen-bond donors (Lipinski definition) is 1. The van der Waals surface area contributed by atoms with E-state index >= 15 is 0 Å². The van der Waals surface area contributed by atoms with Crippen LogP contribution in [0.15, 0.2) is 24.3 Å². The smallest absolute Gasteiger partial charge is 0.118 e. The molecule has 0 bridgehead atoms. The molecule has 0 aromatic heterocycles. The summed E-state index contributed by atoms with van der Waals surface area (Å²) in [5.41, 5.74) is 1.43. The minimum Gasteiger partial charge on any atom is -0.497 e. The van der Waals surface area contributed by atoms with Crippen LogP contribution in [-0.2, 0) is 6.42 Å². The van der Waals surface area contributed by atoms with E-state index in [-0.39, 0.29) is 0 Å². The van der Waals surface area contributed by atoms with Gasteiger partial charge in [0.05, 0.1) is 7.11 Å². The highest BCUT2D eigenvalue weighted by Gasteiger charge is 2.55. The Morgan fingerprint density at radius 2 is 1.90 bits per heavy atom. The fourth-order valence-electron chi connectivity index (χ4n) is 4.16. The second-order valence-corrected chi connectivity index (χ2v) is 6.45. The van der Waals surface area contributed by atoms with Crippen molar-refractivity contribution < 1.29 is 4.74 Å². The maximum absolute atomic E-state index is 5.24. The number of ether oxygens (including phenoxy) is 1. The summed E-state index contributed by atoms with van der Waals surface area (Å²) in [5, 5.41) is 3.81. The van der Waals surface area contributed by atoms with E-state index in [0.29, 0.717) is 6.04 Å². The Morgan fingerprint density at radius 3 is 2.50 bits per heavy atom. The van der Waals surface area contributed by atoms with E-state index in [1.807, 2.05) is 0 Å².